The van der Waals surface area contributed by atoms with Crippen molar-refractivity contribution in [1.29, 1.82) is 0 Å². The minimum Gasteiger partial charge on any atom is -0.314 e. The molecule has 2 unspecified atom stereocenters. The maximum absolute atomic E-state index is 3.61. The van der Waals surface area contributed by atoms with Crippen LogP contribution in [0.15, 0.2) is 24.3 Å². The first-order valence-electron chi connectivity index (χ1n) is 6.94. The number of likely N-dealkylation sites (N-methyl/N-ethyl adjacent to an activating group) is 1. The highest BCUT2D eigenvalue weighted by Gasteiger charge is 2.11. The van der Waals surface area contributed by atoms with Crippen LogP contribution in [0.25, 0.3) is 0 Å². The molecule has 0 aromatic heterocycles. The van der Waals surface area contributed by atoms with Crippen molar-refractivity contribution in [2.45, 2.75) is 53.0 Å². The van der Waals surface area contributed by atoms with Crippen LogP contribution in [0.2, 0.25) is 0 Å². The lowest BCUT2D eigenvalue weighted by Gasteiger charge is -2.21. The Morgan fingerprint density at radius 2 is 1.76 bits per heavy atom. The summed E-state index contributed by atoms with van der Waals surface area (Å²) in [5.74, 6) is 0.810. The van der Waals surface area contributed by atoms with Gasteiger partial charge in [0.1, 0.15) is 0 Å². The number of nitrogens with one attached hydrogen (secondary N) is 1. The smallest absolute Gasteiger partial charge is 0.0110 e. The van der Waals surface area contributed by atoms with Gasteiger partial charge in [-0.25, -0.2) is 0 Å². The summed E-state index contributed by atoms with van der Waals surface area (Å²) < 4.78 is 0. The number of aryl methyl sites for hydroxylation is 1. The van der Waals surface area contributed by atoms with Gasteiger partial charge in [-0.15, -0.1) is 0 Å². The van der Waals surface area contributed by atoms with E-state index in [1.165, 1.54) is 24.0 Å². The fourth-order valence-electron chi connectivity index (χ4n) is 2.19. The van der Waals surface area contributed by atoms with Gasteiger partial charge in [0.2, 0.25) is 0 Å². The Labute approximate surface area is 107 Å². The molecule has 0 amide bonds. The molecule has 0 spiro atoms. The van der Waals surface area contributed by atoms with Crippen LogP contribution in [-0.2, 0) is 6.42 Å². The number of rotatable bonds is 7. The van der Waals surface area contributed by atoms with Gasteiger partial charge in [0.15, 0.2) is 0 Å². The summed E-state index contributed by atoms with van der Waals surface area (Å²) in [5.41, 5.74) is 2.79. The molecule has 0 aliphatic rings. The quantitative estimate of drug-likeness (QED) is 0.752. The highest BCUT2D eigenvalue weighted by Crippen LogP contribution is 2.14. The molecule has 0 fully saturated rings. The van der Waals surface area contributed by atoms with Crippen molar-refractivity contribution in [3.63, 3.8) is 0 Å². The monoisotopic (exact) mass is 233 g/mol. The van der Waals surface area contributed by atoms with Crippen molar-refractivity contribution in [2.75, 3.05) is 6.54 Å². The second kappa shape index (κ2) is 7.50. The van der Waals surface area contributed by atoms with E-state index in [9.17, 15) is 0 Å². The van der Waals surface area contributed by atoms with Gasteiger partial charge in [0.25, 0.3) is 0 Å². The average molecular weight is 233 g/mol. The van der Waals surface area contributed by atoms with Crippen LogP contribution >= 0.6 is 0 Å². The van der Waals surface area contributed by atoms with Crippen molar-refractivity contribution in [3.8, 4) is 0 Å². The fraction of sp³-hybridized carbons (Fsp3) is 0.625. The minimum atomic E-state index is 0.623. The minimum absolute atomic E-state index is 0.623. The molecule has 0 aliphatic carbocycles. The zero-order valence-electron chi connectivity index (χ0n) is 11.8. The maximum atomic E-state index is 3.61. The number of benzene rings is 1. The summed E-state index contributed by atoms with van der Waals surface area (Å²) in [6, 6.07) is 9.56. The van der Waals surface area contributed by atoms with Gasteiger partial charge in [0, 0.05) is 6.04 Å². The lowest BCUT2D eigenvalue weighted by Crippen LogP contribution is -2.32. The molecule has 0 bridgehead atoms. The predicted octanol–water partition coefficient (Wildman–Crippen LogP) is 3.95. The normalized spacial score (nSPS) is 14.6. The molecule has 0 saturated heterocycles. The van der Waals surface area contributed by atoms with Gasteiger partial charge in [-0.3, -0.25) is 0 Å². The average Bonchev–Trinajstić information content (AvgIpc) is 2.32. The summed E-state index contributed by atoms with van der Waals surface area (Å²) in [6.07, 6.45) is 3.70. The summed E-state index contributed by atoms with van der Waals surface area (Å²) in [5, 5.41) is 3.61. The highest BCUT2D eigenvalue weighted by molar-refractivity contribution is 5.22. The lowest BCUT2D eigenvalue weighted by atomic mass is 9.94. The van der Waals surface area contributed by atoms with Crippen molar-refractivity contribution < 1.29 is 0 Å². The van der Waals surface area contributed by atoms with E-state index in [0.717, 1.165) is 18.9 Å². The van der Waals surface area contributed by atoms with E-state index in [0.29, 0.717) is 6.04 Å². The molecule has 0 saturated carbocycles. The zero-order chi connectivity index (χ0) is 12.7. The lowest BCUT2D eigenvalue weighted by molar-refractivity contribution is 0.397. The van der Waals surface area contributed by atoms with Gasteiger partial charge in [-0.05, 0) is 37.8 Å². The van der Waals surface area contributed by atoms with Crippen molar-refractivity contribution in [3.05, 3.63) is 35.4 Å². The SMILES string of the molecule is CCNC(Cc1ccc(C)cc1)CC(C)CC. The van der Waals surface area contributed by atoms with Crippen molar-refractivity contribution in [1.82, 2.24) is 5.32 Å². The van der Waals surface area contributed by atoms with E-state index in [2.05, 4.69) is 57.3 Å². The van der Waals surface area contributed by atoms with Crippen LogP contribution in [-0.4, -0.2) is 12.6 Å². The van der Waals surface area contributed by atoms with Gasteiger partial charge >= 0.3 is 0 Å². The summed E-state index contributed by atoms with van der Waals surface area (Å²) in [4.78, 5) is 0. The van der Waals surface area contributed by atoms with Gasteiger partial charge in [-0.2, -0.15) is 0 Å². The molecule has 1 heteroatoms. The van der Waals surface area contributed by atoms with E-state index >= 15 is 0 Å². The van der Waals surface area contributed by atoms with Crippen LogP contribution in [0.5, 0.6) is 0 Å². The van der Waals surface area contributed by atoms with E-state index < -0.39 is 0 Å². The van der Waals surface area contributed by atoms with Gasteiger partial charge in [0.05, 0.1) is 0 Å². The second-order valence-corrected chi connectivity index (χ2v) is 5.19. The van der Waals surface area contributed by atoms with Crippen LogP contribution in [0.4, 0.5) is 0 Å². The largest absolute Gasteiger partial charge is 0.314 e. The van der Waals surface area contributed by atoms with E-state index in [4.69, 9.17) is 0 Å². The van der Waals surface area contributed by atoms with Crippen molar-refractivity contribution >= 4 is 0 Å². The predicted molar refractivity (Wildman–Crippen MR) is 76.4 cm³/mol. The molecule has 2 atom stereocenters. The molecule has 96 valence electrons. The molecule has 1 nitrogen and oxygen atoms in total. The molecule has 17 heavy (non-hydrogen) atoms. The fourth-order valence-corrected chi connectivity index (χ4v) is 2.19. The molecule has 0 aliphatic heterocycles. The van der Waals surface area contributed by atoms with E-state index in [-0.39, 0.29) is 0 Å². The number of hydrogen-bond acceptors (Lipinski definition) is 1. The molecule has 1 rings (SSSR count). The summed E-state index contributed by atoms with van der Waals surface area (Å²) in [6.45, 7) is 10.0. The Morgan fingerprint density at radius 1 is 1.12 bits per heavy atom. The molecule has 0 radical (unpaired) electrons. The Bertz CT molecular complexity index is 302. The third-order valence-electron chi connectivity index (χ3n) is 3.48. The Morgan fingerprint density at radius 3 is 2.29 bits per heavy atom. The molecule has 1 aromatic carbocycles. The Kier molecular flexibility index (Phi) is 6.28. The van der Waals surface area contributed by atoms with Crippen LogP contribution < -0.4 is 5.32 Å². The standard InChI is InChI=1S/C16H27N/c1-5-13(3)11-16(17-6-2)12-15-9-7-14(4)8-10-15/h7-10,13,16-17H,5-6,11-12H2,1-4H3. The van der Waals surface area contributed by atoms with Crippen LogP contribution in [0, 0.1) is 12.8 Å². The van der Waals surface area contributed by atoms with Crippen molar-refractivity contribution in [2.24, 2.45) is 5.92 Å². The first kappa shape index (κ1) is 14.2. The topological polar surface area (TPSA) is 12.0 Å². The van der Waals surface area contributed by atoms with Gasteiger partial charge < -0.3 is 5.32 Å². The van der Waals surface area contributed by atoms with Crippen LogP contribution in [0.3, 0.4) is 0 Å². The number of hydrogen-bond donors (Lipinski definition) is 1. The first-order chi connectivity index (χ1) is 8.15. The zero-order valence-corrected chi connectivity index (χ0v) is 11.8. The Balaban J connectivity index is 2.56. The summed E-state index contributed by atoms with van der Waals surface area (Å²) in [7, 11) is 0. The second-order valence-electron chi connectivity index (χ2n) is 5.19. The molecule has 0 heterocycles. The third-order valence-corrected chi connectivity index (χ3v) is 3.48. The molecular formula is C16H27N. The molecule has 1 aromatic rings. The third kappa shape index (κ3) is 5.36. The molecular weight excluding hydrogens is 206 g/mol. The molecule has 1 N–H and O–H groups in total. The van der Waals surface area contributed by atoms with Gasteiger partial charge in [-0.1, -0.05) is 57.0 Å². The van der Waals surface area contributed by atoms with E-state index in [1.54, 1.807) is 0 Å². The first-order valence-corrected chi connectivity index (χ1v) is 6.94. The summed E-state index contributed by atoms with van der Waals surface area (Å²) >= 11 is 0. The highest BCUT2D eigenvalue weighted by atomic mass is 14.9. The van der Waals surface area contributed by atoms with Crippen LogP contribution in [0.1, 0.15) is 44.7 Å². The van der Waals surface area contributed by atoms with E-state index in [1.807, 2.05) is 0 Å². The maximum Gasteiger partial charge on any atom is 0.0110 e. The Hall–Kier alpha value is -0.820.